The Morgan fingerprint density at radius 2 is 1.90 bits per heavy atom. The molecule has 1 heterocycles. The van der Waals surface area contributed by atoms with Crippen molar-refractivity contribution in [2.45, 2.75) is 6.42 Å². The van der Waals surface area contributed by atoms with Crippen molar-refractivity contribution >= 4 is 23.6 Å². The molecule has 3 aromatic rings. The van der Waals surface area contributed by atoms with E-state index < -0.39 is 7.12 Å². The summed E-state index contributed by atoms with van der Waals surface area (Å²) >= 11 is 0. The van der Waals surface area contributed by atoms with Gasteiger partial charge in [-0.05, 0) is 41.6 Å². The van der Waals surface area contributed by atoms with Crippen LogP contribution < -0.4 is 5.46 Å². The second kappa shape index (κ2) is 5.49. The number of benzene rings is 2. The molecule has 0 atom stereocenters. The molecule has 1 aromatic heterocycles. The Bertz CT molecular complexity index is 706. The number of nitrogens with zero attached hydrogens (tertiary/aromatic N) is 1. The Hall–Kier alpha value is -2.11. The summed E-state index contributed by atoms with van der Waals surface area (Å²) in [6.07, 6.45) is 4.58. The molecule has 20 heavy (non-hydrogen) atoms. The van der Waals surface area contributed by atoms with Gasteiger partial charge in [-0.3, -0.25) is 0 Å². The highest BCUT2D eigenvalue weighted by atomic mass is 16.5. The first-order valence-electron chi connectivity index (χ1n) is 6.35. The van der Waals surface area contributed by atoms with Gasteiger partial charge in [-0.25, -0.2) is 0 Å². The molecule has 0 saturated carbocycles. The smallest absolute Gasteiger partial charge is 0.423 e. The van der Waals surface area contributed by atoms with Gasteiger partial charge in [0.25, 0.3) is 0 Å². The Kier molecular flexibility index (Phi) is 3.54. The van der Waals surface area contributed by atoms with E-state index in [-0.39, 0.29) is 0 Å². The summed E-state index contributed by atoms with van der Waals surface area (Å²) in [5, 5.41) is 22.8. The number of hydrogen-bond acceptors (Lipinski definition) is 4. The average Bonchev–Trinajstić information content (AvgIpc) is 2.93. The standard InChI is InChI=1S/C15H13BNO3/c18-16(19)14-6-3-11(4-7-14)1-2-12-5-8-15-13(9-12)10-17-20-15/h1,3-10,18-19H,2H2. The van der Waals surface area contributed by atoms with Crippen LogP contribution in [0.5, 0.6) is 0 Å². The summed E-state index contributed by atoms with van der Waals surface area (Å²) in [5.74, 6) is 0. The van der Waals surface area contributed by atoms with Crippen LogP contribution in [0.2, 0.25) is 0 Å². The lowest BCUT2D eigenvalue weighted by molar-refractivity contribution is 0.426. The number of hydrogen-bond donors (Lipinski definition) is 2. The van der Waals surface area contributed by atoms with Crippen LogP contribution in [0.25, 0.3) is 11.0 Å². The van der Waals surface area contributed by atoms with Crippen LogP contribution in [0, 0.1) is 6.42 Å². The van der Waals surface area contributed by atoms with Gasteiger partial charge in [0.1, 0.15) is 0 Å². The summed E-state index contributed by atoms with van der Waals surface area (Å²) in [7, 11) is -1.42. The number of rotatable bonds is 4. The maximum atomic E-state index is 9.03. The first kappa shape index (κ1) is 12.9. The third kappa shape index (κ3) is 2.74. The van der Waals surface area contributed by atoms with Crippen molar-refractivity contribution in [1.82, 2.24) is 5.16 Å². The zero-order valence-electron chi connectivity index (χ0n) is 10.7. The largest absolute Gasteiger partial charge is 0.488 e. The molecule has 0 spiro atoms. The highest BCUT2D eigenvalue weighted by molar-refractivity contribution is 6.58. The van der Waals surface area contributed by atoms with E-state index in [0.717, 1.165) is 23.0 Å². The van der Waals surface area contributed by atoms with Crippen LogP contribution in [-0.2, 0) is 6.42 Å². The van der Waals surface area contributed by atoms with Crippen molar-refractivity contribution in [3.8, 4) is 0 Å². The molecular weight excluding hydrogens is 253 g/mol. The lowest BCUT2D eigenvalue weighted by atomic mass is 9.80. The zero-order chi connectivity index (χ0) is 13.9. The molecule has 0 aliphatic rings. The van der Waals surface area contributed by atoms with Crippen LogP contribution in [0.3, 0.4) is 0 Å². The van der Waals surface area contributed by atoms with Crippen LogP contribution in [0.4, 0.5) is 0 Å². The third-order valence-electron chi connectivity index (χ3n) is 3.23. The lowest BCUT2D eigenvalue weighted by Gasteiger charge is -2.04. The topological polar surface area (TPSA) is 66.5 Å². The van der Waals surface area contributed by atoms with Gasteiger partial charge in [0.2, 0.25) is 0 Å². The number of fused-ring (bicyclic) bond motifs is 1. The van der Waals surface area contributed by atoms with Gasteiger partial charge in [-0.15, -0.1) is 0 Å². The predicted octanol–water partition coefficient (Wildman–Crippen LogP) is 1.30. The summed E-state index contributed by atoms with van der Waals surface area (Å²) in [6, 6.07) is 13.1. The summed E-state index contributed by atoms with van der Waals surface area (Å²) in [6.45, 7) is 0. The molecule has 0 fully saturated rings. The molecule has 1 radical (unpaired) electrons. The Balaban J connectivity index is 1.69. The Morgan fingerprint density at radius 1 is 1.10 bits per heavy atom. The van der Waals surface area contributed by atoms with Crippen molar-refractivity contribution in [3.05, 3.63) is 66.2 Å². The van der Waals surface area contributed by atoms with E-state index in [9.17, 15) is 0 Å². The fourth-order valence-corrected chi connectivity index (χ4v) is 2.09. The van der Waals surface area contributed by atoms with Crippen LogP contribution >= 0.6 is 0 Å². The second-order valence-corrected chi connectivity index (χ2v) is 4.65. The lowest BCUT2D eigenvalue weighted by Crippen LogP contribution is -2.29. The van der Waals surface area contributed by atoms with E-state index in [1.54, 1.807) is 18.3 Å². The first-order chi connectivity index (χ1) is 9.72. The predicted molar refractivity (Wildman–Crippen MR) is 77.4 cm³/mol. The van der Waals surface area contributed by atoms with E-state index in [1.165, 1.54) is 5.56 Å². The molecule has 0 aliphatic carbocycles. The van der Waals surface area contributed by atoms with Gasteiger partial charge >= 0.3 is 7.12 Å². The van der Waals surface area contributed by atoms with Crippen molar-refractivity contribution < 1.29 is 14.6 Å². The van der Waals surface area contributed by atoms with Gasteiger partial charge in [0.15, 0.2) is 5.58 Å². The number of aromatic nitrogens is 1. The molecule has 0 bridgehead atoms. The van der Waals surface area contributed by atoms with Crippen LogP contribution in [-0.4, -0.2) is 22.3 Å². The fourth-order valence-electron chi connectivity index (χ4n) is 2.09. The van der Waals surface area contributed by atoms with Crippen molar-refractivity contribution in [3.63, 3.8) is 0 Å². The third-order valence-corrected chi connectivity index (χ3v) is 3.23. The van der Waals surface area contributed by atoms with Crippen molar-refractivity contribution in [2.24, 2.45) is 0 Å². The van der Waals surface area contributed by atoms with E-state index in [2.05, 4.69) is 11.6 Å². The van der Waals surface area contributed by atoms with Gasteiger partial charge in [0.05, 0.1) is 6.20 Å². The minimum atomic E-state index is -1.42. The van der Waals surface area contributed by atoms with Gasteiger partial charge < -0.3 is 14.6 Å². The molecule has 0 aliphatic heterocycles. The molecule has 2 aromatic carbocycles. The van der Waals surface area contributed by atoms with Gasteiger partial charge in [0, 0.05) is 5.39 Å². The van der Waals surface area contributed by atoms with E-state index in [0.29, 0.717) is 5.46 Å². The van der Waals surface area contributed by atoms with E-state index in [4.69, 9.17) is 14.6 Å². The van der Waals surface area contributed by atoms with Gasteiger partial charge in [-0.1, -0.05) is 35.5 Å². The fraction of sp³-hybridized carbons (Fsp3) is 0.0667. The average molecular weight is 266 g/mol. The summed E-state index contributed by atoms with van der Waals surface area (Å²) in [5.41, 5.74) is 3.50. The normalized spacial score (nSPS) is 10.9. The minimum absolute atomic E-state index is 0.494. The first-order valence-corrected chi connectivity index (χ1v) is 6.35. The van der Waals surface area contributed by atoms with Crippen LogP contribution in [0.15, 0.2) is 53.2 Å². The van der Waals surface area contributed by atoms with Gasteiger partial charge in [-0.2, -0.15) is 0 Å². The molecular formula is C15H13BNO3. The molecule has 99 valence electrons. The quantitative estimate of drug-likeness (QED) is 0.698. The second-order valence-electron chi connectivity index (χ2n) is 4.65. The molecule has 3 rings (SSSR count). The van der Waals surface area contributed by atoms with E-state index in [1.807, 2.05) is 30.3 Å². The SMILES string of the molecule is OB(O)c1ccc([CH]Cc2ccc3oncc3c2)cc1. The molecule has 5 heteroatoms. The highest BCUT2D eigenvalue weighted by Gasteiger charge is 2.09. The maximum Gasteiger partial charge on any atom is 0.488 e. The molecule has 4 nitrogen and oxygen atoms in total. The zero-order valence-corrected chi connectivity index (χ0v) is 10.7. The Morgan fingerprint density at radius 3 is 2.65 bits per heavy atom. The van der Waals surface area contributed by atoms with E-state index >= 15 is 0 Å². The molecule has 0 unspecified atom stereocenters. The van der Waals surface area contributed by atoms with Crippen molar-refractivity contribution in [1.29, 1.82) is 0 Å². The summed E-state index contributed by atoms with van der Waals surface area (Å²) in [4.78, 5) is 0. The minimum Gasteiger partial charge on any atom is -0.423 e. The highest BCUT2D eigenvalue weighted by Crippen LogP contribution is 2.17. The van der Waals surface area contributed by atoms with Crippen LogP contribution in [0.1, 0.15) is 11.1 Å². The summed E-state index contributed by atoms with van der Waals surface area (Å²) < 4.78 is 5.06. The monoisotopic (exact) mass is 266 g/mol. The Labute approximate surface area is 116 Å². The molecule has 0 saturated heterocycles. The molecule has 2 N–H and O–H groups in total. The van der Waals surface area contributed by atoms with Crippen molar-refractivity contribution in [2.75, 3.05) is 0 Å². The molecule has 0 amide bonds. The maximum absolute atomic E-state index is 9.03.